The molecule has 0 spiro atoms. The first-order chi connectivity index (χ1) is 15.1. The molecule has 0 atom stereocenters. The minimum absolute atomic E-state index is 0.0574. The molecule has 1 fully saturated rings. The van der Waals surface area contributed by atoms with Gasteiger partial charge in [0.2, 0.25) is 0 Å². The fourth-order valence-electron chi connectivity index (χ4n) is 4.22. The van der Waals surface area contributed by atoms with E-state index in [1.54, 1.807) is 10.8 Å². The Morgan fingerprint density at radius 2 is 1.87 bits per heavy atom. The highest BCUT2D eigenvalue weighted by molar-refractivity contribution is 9.10. The molecule has 3 aromatic rings. The molecule has 0 bridgehead atoms. The first-order valence-electron chi connectivity index (χ1n) is 11.0. The summed E-state index contributed by atoms with van der Waals surface area (Å²) in [5, 5.41) is 0. The van der Waals surface area contributed by atoms with Crippen LogP contribution in [0.4, 0.5) is 0 Å². The predicted octanol–water partition coefficient (Wildman–Crippen LogP) is 5.93. The number of hydrogen-bond acceptors (Lipinski definition) is 4. The van der Waals surface area contributed by atoms with Crippen LogP contribution in [-0.4, -0.2) is 14.5 Å². The van der Waals surface area contributed by atoms with E-state index in [4.69, 9.17) is 9.72 Å². The molecule has 0 N–H and O–H groups in total. The van der Waals surface area contributed by atoms with Gasteiger partial charge in [0.05, 0.1) is 5.69 Å². The highest BCUT2D eigenvalue weighted by Crippen LogP contribution is 2.30. The normalized spacial score (nSPS) is 14.5. The zero-order valence-corrected chi connectivity index (χ0v) is 19.5. The smallest absolute Gasteiger partial charge is 0.268 e. The second-order valence-corrected chi connectivity index (χ2v) is 9.00. The molecule has 162 valence electrons. The van der Waals surface area contributed by atoms with E-state index in [0.717, 1.165) is 12.0 Å². The number of halogens is 1. The Labute approximate surface area is 191 Å². The minimum Gasteiger partial charge on any atom is -0.486 e. The zero-order chi connectivity index (χ0) is 21.6. The highest BCUT2D eigenvalue weighted by atomic mass is 79.9. The van der Waals surface area contributed by atoms with Crippen molar-refractivity contribution in [1.29, 1.82) is 0 Å². The highest BCUT2D eigenvalue weighted by Gasteiger charge is 2.20. The van der Waals surface area contributed by atoms with Crippen LogP contribution in [0.3, 0.4) is 0 Å². The molecule has 31 heavy (non-hydrogen) atoms. The van der Waals surface area contributed by atoms with Crippen molar-refractivity contribution >= 4 is 15.9 Å². The van der Waals surface area contributed by atoms with Crippen molar-refractivity contribution in [2.75, 3.05) is 0 Å². The Hall–Kier alpha value is -2.47. The first-order valence-corrected chi connectivity index (χ1v) is 11.8. The molecule has 0 radical (unpaired) electrons. The van der Waals surface area contributed by atoms with Gasteiger partial charge in [0, 0.05) is 12.7 Å². The third-order valence-electron chi connectivity index (χ3n) is 5.99. The average molecular weight is 482 g/mol. The second kappa shape index (κ2) is 10.2. The number of rotatable bonds is 7. The number of nitrogens with zero attached hydrogens (tertiary/aromatic N) is 3. The minimum atomic E-state index is -0.0574. The Balaban J connectivity index is 1.66. The van der Waals surface area contributed by atoms with Crippen LogP contribution < -0.4 is 10.3 Å². The molecule has 1 saturated carbocycles. The van der Waals surface area contributed by atoms with Gasteiger partial charge in [-0.25, -0.2) is 9.97 Å². The van der Waals surface area contributed by atoms with Crippen molar-refractivity contribution in [2.45, 2.75) is 58.6 Å². The maximum absolute atomic E-state index is 13.2. The topological polar surface area (TPSA) is 57.0 Å². The first kappa shape index (κ1) is 21.8. The van der Waals surface area contributed by atoms with Crippen LogP contribution in [0.1, 0.15) is 49.8 Å². The van der Waals surface area contributed by atoms with E-state index < -0.39 is 0 Å². The van der Waals surface area contributed by atoms with Crippen LogP contribution in [0.5, 0.6) is 5.75 Å². The number of aryl methyl sites for hydroxylation is 1. The lowest BCUT2D eigenvalue weighted by molar-refractivity contribution is 0.305. The maximum Gasteiger partial charge on any atom is 0.268 e. The van der Waals surface area contributed by atoms with Crippen molar-refractivity contribution in [1.82, 2.24) is 14.5 Å². The van der Waals surface area contributed by atoms with Crippen LogP contribution in [0.25, 0.3) is 11.5 Å². The van der Waals surface area contributed by atoms with E-state index >= 15 is 0 Å². The number of benzene rings is 1. The third-order valence-corrected chi connectivity index (χ3v) is 6.90. The van der Waals surface area contributed by atoms with Crippen LogP contribution in [0, 0.1) is 12.8 Å². The largest absolute Gasteiger partial charge is 0.486 e. The summed E-state index contributed by atoms with van der Waals surface area (Å²) in [6.45, 7) is 2.91. The van der Waals surface area contributed by atoms with Crippen LogP contribution in [0.15, 0.2) is 57.9 Å². The fourth-order valence-corrected chi connectivity index (χ4v) is 4.53. The van der Waals surface area contributed by atoms with Crippen molar-refractivity contribution in [3.8, 4) is 17.3 Å². The SMILES string of the molecule is Cc1nc(-c2ncccc2OCc2ccccc2)n(CCC2CCCCC2)c(=O)c1Br. The standard InChI is InChI=1S/C25H28BrN3O2/c1-18-22(26)25(30)29(16-14-19-9-4-2-5-10-19)24(28-18)23-21(13-8-15-27-23)31-17-20-11-6-3-7-12-20/h3,6-8,11-13,15,19H,2,4-5,9-10,14,16-17H2,1H3. The summed E-state index contributed by atoms with van der Waals surface area (Å²) in [5.41, 5.74) is 2.29. The Kier molecular flexibility index (Phi) is 7.17. The van der Waals surface area contributed by atoms with Gasteiger partial charge in [-0.15, -0.1) is 0 Å². The molecule has 0 unspecified atom stereocenters. The van der Waals surface area contributed by atoms with Gasteiger partial charge in [0.1, 0.15) is 22.5 Å². The lowest BCUT2D eigenvalue weighted by atomic mass is 9.87. The average Bonchev–Trinajstić information content (AvgIpc) is 2.82. The van der Waals surface area contributed by atoms with E-state index in [1.165, 1.54) is 32.1 Å². The molecule has 0 saturated heterocycles. The van der Waals surface area contributed by atoms with Gasteiger partial charge < -0.3 is 4.74 Å². The number of aromatic nitrogens is 3. The van der Waals surface area contributed by atoms with Crippen molar-refractivity contribution in [2.24, 2.45) is 5.92 Å². The lowest BCUT2D eigenvalue weighted by Crippen LogP contribution is -2.27. The molecule has 2 heterocycles. The molecule has 5 nitrogen and oxygen atoms in total. The summed E-state index contributed by atoms with van der Waals surface area (Å²) < 4.78 is 8.39. The fraction of sp³-hybridized carbons (Fsp3) is 0.400. The molecule has 1 aliphatic carbocycles. The summed E-state index contributed by atoms with van der Waals surface area (Å²) in [4.78, 5) is 22.5. The van der Waals surface area contributed by atoms with E-state index in [9.17, 15) is 4.79 Å². The Morgan fingerprint density at radius 1 is 1.10 bits per heavy atom. The molecular formula is C25H28BrN3O2. The van der Waals surface area contributed by atoms with E-state index in [-0.39, 0.29) is 5.56 Å². The molecule has 4 rings (SSSR count). The van der Waals surface area contributed by atoms with Gasteiger partial charge >= 0.3 is 0 Å². The van der Waals surface area contributed by atoms with Crippen LogP contribution >= 0.6 is 15.9 Å². The van der Waals surface area contributed by atoms with Crippen LogP contribution in [0.2, 0.25) is 0 Å². The molecular weight excluding hydrogens is 454 g/mol. The summed E-state index contributed by atoms with van der Waals surface area (Å²) >= 11 is 3.44. The molecule has 0 amide bonds. The van der Waals surface area contributed by atoms with E-state index in [1.807, 2.05) is 49.4 Å². The predicted molar refractivity (Wildman–Crippen MR) is 126 cm³/mol. The summed E-state index contributed by atoms with van der Waals surface area (Å²) in [6.07, 6.45) is 9.12. The van der Waals surface area contributed by atoms with Crippen molar-refractivity contribution in [3.63, 3.8) is 0 Å². The number of hydrogen-bond donors (Lipinski definition) is 0. The maximum atomic E-state index is 13.2. The van der Waals surface area contributed by atoms with Crippen molar-refractivity contribution in [3.05, 3.63) is 74.7 Å². The third kappa shape index (κ3) is 5.24. The van der Waals surface area contributed by atoms with Gasteiger partial charge in [-0.2, -0.15) is 0 Å². The molecule has 6 heteroatoms. The Bertz CT molecular complexity index is 1080. The quantitative estimate of drug-likeness (QED) is 0.419. The second-order valence-electron chi connectivity index (χ2n) is 8.21. The molecule has 0 aliphatic heterocycles. The molecule has 1 aliphatic rings. The van der Waals surface area contributed by atoms with Crippen molar-refractivity contribution < 1.29 is 4.74 Å². The number of ether oxygens (including phenoxy) is 1. The van der Waals surface area contributed by atoms with E-state index in [0.29, 0.717) is 46.5 Å². The summed E-state index contributed by atoms with van der Waals surface area (Å²) in [6, 6.07) is 13.8. The summed E-state index contributed by atoms with van der Waals surface area (Å²) in [7, 11) is 0. The van der Waals surface area contributed by atoms with Gasteiger partial charge in [-0.3, -0.25) is 9.36 Å². The van der Waals surface area contributed by atoms with Gasteiger partial charge in [-0.1, -0.05) is 62.4 Å². The summed E-state index contributed by atoms with van der Waals surface area (Å²) in [5.74, 6) is 1.88. The molecule has 1 aromatic carbocycles. The van der Waals surface area contributed by atoms with Gasteiger partial charge in [-0.05, 0) is 52.9 Å². The lowest BCUT2D eigenvalue weighted by Gasteiger charge is -2.23. The number of pyridine rings is 1. The van der Waals surface area contributed by atoms with Gasteiger partial charge in [0.15, 0.2) is 5.82 Å². The van der Waals surface area contributed by atoms with E-state index in [2.05, 4.69) is 20.9 Å². The monoisotopic (exact) mass is 481 g/mol. The van der Waals surface area contributed by atoms with Gasteiger partial charge in [0.25, 0.3) is 5.56 Å². The molecule has 2 aromatic heterocycles. The Morgan fingerprint density at radius 3 is 2.65 bits per heavy atom. The zero-order valence-electron chi connectivity index (χ0n) is 17.9. The van der Waals surface area contributed by atoms with Crippen LogP contribution in [-0.2, 0) is 13.2 Å².